The molecular weight excluding hydrogens is 390 g/mol. The van der Waals surface area contributed by atoms with Gasteiger partial charge in [0.2, 0.25) is 0 Å². The van der Waals surface area contributed by atoms with Crippen molar-refractivity contribution in [3.05, 3.63) is 101 Å². The molecule has 158 valence electrons. The van der Waals surface area contributed by atoms with Crippen LogP contribution in [0.1, 0.15) is 57.2 Å². The highest BCUT2D eigenvalue weighted by atomic mass is 16.5. The minimum Gasteiger partial charge on any atom is -0.452 e. The largest absolute Gasteiger partial charge is 0.452 e. The Kier molecular flexibility index (Phi) is 6.98. The lowest BCUT2D eigenvalue weighted by Gasteiger charge is -2.16. The third-order valence-corrected chi connectivity index (χ3v) is 4.94. The van der Waals surface area contributed by atoms with E-state index >= 15 is 0 Å². The zero-order valence-corrected chi connectivity index (χ0v) is 17.8. The summed E-state index contributed by atoms with van der Waals surface area (Å²) in [6.45, 7) is 5.63. The summed E-state index contributed by atoms with van der Waals surface area (Å²) in [5, 5.41) is 2.85. The van der Waals surface area contributed by atoms with Crippen molar-refractivity contribution in [2.24, 2.45) is 0 Å². The van der Waals surface area contributed by atoms with E-state index in [9.17, 15) is 14.4 Å². The summed E-state index contributed by atoms with van der Waals surface area (Å²) in [7, 11) is 0. The number of rotatable bonds is 7. The average Bonchev–Trinajstić information content (AvgIpc) is 2.79. The monoisotopic (exact) mass is 415 g/mol. The third-order valence-electron chi connectivity index (χ3n) is 4.94. The maximum absolute atomic E-state index is 12.4. The van der Waals surface area contributed by atoms with Crippen molar-refractivity contribution in [1.29, 1.82) is 0 Å². The molecular formula is C26H25NO4. The van der Waals surface area contributed by atoms with Gasteiger partial charge >= 0.3 is 5.97 Å². The van der Waals surface area contributed by atoms with Gasteiger partial charge in [0.1, 0.15) is 0 Å². The number of anilines is 1. The first kappa shape index (κ1) is 22.0. The second-order valence-corrected chi connectivity index (χ2v) is 7.59. The van der Waals surface area contributed by atoms with Crippen LogP contribution in [0, 0.1) is 6.92 Å². The van der Waals surface area contributed by atoms with Crippen LogP contribution in [0.3, 0.4) is 0 Å². The Morgan fingerprint density at radius 3 is 2.06 bits per heavy atom. The van der Waals surface area contributed by atoms with Crippen LogP contribution in [-0.2, 0) is 9.53 Å². The van der Waals surface area contributed by atoms with Crippen LogP contribution in [-0.4, -0.2) is 24.3 Å². The van der Waals surface area contributed by atoms with Crippen LogP contribution in [0.4, 0.5) is 5.69 Å². The van der Waals surface area contributed by atoms with Gasteiger partial charge in [-0.3, -0.25) is 9.59 Å². The van der Waals surface area contributed by atoms with Crippen LogP contribution >= 0.6 is 0 Å². The number of nitrogens with one attached hydrogen (secondary N) is 1. The predicted molar refractivity (Wildman–Crippen MR) is 120 cm³/mol. The Balaban J connectivity index is 1.60. The SMILES string of the molecule is Cc1cccc(C(C)C)c1NC(=O)COC(=O)c1ccc(C(=O)c2ccccc2)cc1. The van der Waals surface area contributed by atoms with Gasteiger partial charge in [0, 0.05) is 16.8 Å². The number of benzene rings is 3. The fraction of sp³-hybridized carbons (Fsp3) is 0.192. The van der Waals surface area contributed by atoms with E-state index in [1.54, 1.807) is 36.4 Å². The molecule has 0 aliphatic heterocycles. The lowest BCUT2D eigenvalue weighted by atomic mass is 9.98. The Labute approximate surface area is 182 Å². The Morgan fingerprint density at radius 2 is 1.42 bits per heavy atom. The molecule has 0 aromatic heterocycles. The number of carbonyl (C=O) groups is 3. The third kappa shape index (κ3) is 5.45. The molecule has 1 N–H and O–H groups in total. The van der Waals surface area contributed by atoms with Crippen LogP contribution < -0.4 is 5.32 Å². The molecule has 5 heteroatoms. The first-order valence-corrected chi connectivity index (χ1v) is 10.1. The summed E-state index contributed by atoms with van der Waals surface area (Å²) in [6.07, 6.45) is 0. The smallest absolute Gasteiger partial charge is 0.338 e. The average molecular weight is 415 g/mol. The minimum atomic E-state index is -0.622. The van der Waals surface area contributed by atoms with Crippen molar-refractivity contribution < 1.29 is 19.1 Å². The van der Waals surface area contributed by atoms with Crippen molar-refractivity contribution >= 4 is 23.3 Å². The number of carbonyl (C=O) groups excluding carboxylic acids is 3. The van der Waals surface area contributed by atoms with Gasteiger partial charge in [-0.05, 0) is 36.1 Å². The maximum Gasteiger partial charge on any atom is 0.338 e. The topological polar surface area (TPSA) is 72.5 Å². The van der Waals surface area contributed by atoms with E-state index in [0.717, 1.165) is 16.8 Å². The van der Waals surface area contributed by atoms with Gasteiger partial charge in [-0.25, -0.2) is 4.79 Å². The summed E-state index contributed by atoms with van der Waals surface area (Å²) in [5.41, 5.74) is 4.05. The van der Waals surface area contributed by atoms with Gasteiger partial charge < -0.3 is 10.1 Å². The van der Waals surface area contributed by atoms with Gasteiger partial charge in [0.05, 0.1) is 5.56 Å². The number of ether oxygens (including phenoxy) is 1. The molecule has 0 spiro atoms. The molecule has 0 unspecified atom stereocenters. The number of aryl methyl sites for hydroxylation is 1. The van der Waals surface area contributed by atoms with E-state index in [0.29, 0.717) is 11.1 Å². The van der Waals surface area contributed by atoms with Crippen LogP contribution in [0.15, 0.2) is 72.8 Å². The summed E-state index contributed by atoms with van der Waals surface area (Å²) >= 11 is 0. The highest BCUT2D eigenvalue weighted by Crippen LogP contribution is 2.27. The first-order valence-electron chi connectivity index (χ1n) is 10.1. The molecule has 0 saturated carbocycles. The lowest BCUT2D eigenvalue weighted by Crippen LogP contribution is -2.22. The highest BCUT2D eigenvalue weighted by Gasteiger charge is 2.15. The van der Waals surface area contributed by atoms with Gasteiger partial charge in [0.25, 0.3) is 5.91 Å². The number of amides is 1. The number of ketones is 1. The number of hydrogen-bond donors (Lipinski definition) is 1. The van der Waals surface area contributed by atoms with Gasteiger partial charge in [-0.1, -0.05) is 74.5 Å². The van der Waals surface area contributed by atoms with E-state index in [1.807, 2.05) is 31.2 Å². The van der Waals surface area contributed by atoms with Crippen LogP contribution in [0.25, 0.3) is 0 Å². The van der Waals surface area contributed by atoms with Crippen molar-refractivity contribution in [2.75, 3.05) is 11.9 Å². The highest BCUT2D eigenvalue weighted by molar-refractivity contribution is 6.09. The molecule has 3 aromatic carbocycles. The first-order chi connectivity index (χ1) is 14.9. The quantitative estimate of drug-likeness (QED) is 0.428. The fourth-order valence-electron chi connectivity index (χ4n) is 3.25. The molecule has 0 heterocycles. The second kappa shape index (κ2) is 9.85. The molecule has 1 amide bonds. The van der Waals surface area contributed by atoms with E-state index in [1.165, 1.54) is 12.1 Å². The summed E-state index contributed by atoms with van der Waals surface area (Å²) in [4.78, 5) is 37.1. The molecule has 0 saturated heterocycles. The minimum absolute atomic E-state index is 0.126. The molecule has 0 atom stereocenters. The van der Waals surface area contributed by atoms with Crippen LogP contribution in [0.2, 0.25) is 0 Å². The van der Waals surface area contributed by atoms with E-state index < -0.39 is 18.5 Å². The molecule has 0 aliphatic rings. The molecule has 0 fully saturated rings. The van der Waals surface area contributed by atoms with Gasteiger partial charge in [-0.2, -0.15) is 0 Å². The summed E-state index contributed by atoms with van der Waals surface area (Å²) in [5.74, 6) is -0.905. The molecule has 0 bridgehead atoms. The van der Waals surface area contributed by atoms with Crippen molar-refractivity contribution in [3.63, 3.8) is 0 Å². The normalized spacial score (nSPS) is 10.6. The molecule has 3 aromatic rings. The molecule has 0 aliphatic carbocycles. The Morgan fingerprint density at radius 1 is 0.806 bits per heavy atom. The van der Waals surface area contributed by atoms with E-state index in [2.05, 4.69) is 19.2 Å². The van der Waals surface area contributed by atoms with Crippen LogP contribution in [0.5, 0.6) is 0 Å². The molecule has 0 radical (unpaired) electrons. The fourth-order valence-corrected chi connectivity index (χ4v) is 3.25. The predicted octanol–water partition coefficient (Wildman–Crippen LogP) is 5.14. The van der Waals surface area contributed by atoms with E-state index in [4.69, 9.17) is 4.74 Å². The van der Waals surface area contributed by atoms with Gasteiger partial charge in [0.15, 0.2) is 12.4 Å². The van der Waals surface area contributed by atoms with Gasteiger partial charge in [-0.15, -0.1) is 0 Å². The Hall–Kier alpha value is -3.73. The molecule has 31 heavy (non-hydrogen) atoms. The lowest BCUT2D eigenvalue weighted by molar-refractivity contribution is -0.119. The van der Waals surface area contributed by atoms with E-state index in [-0.39, 0.29) is 17.3 Å². The van der Waals surface area contributed by atoms with Crippen molar-refractivity contribution in [3.8, 4) is 0 Å². The Bertz CT molecular complexity index is 1090. The zero-order chi connectivity index (χ0) is 22.4. The zero-order valence-electron chi connectivity index (χ0n) is 17.8. The summed E-state index contributed by atoms with van der Waals surface area (Å²) in [6, 6.07) is 21.0. The molecule has 5 nitrogen and oxygen atoms in total. The summed E-state index contributed by atoms with van der Waals surface area (Å²) < 4.78 is 5.15. The second-order valence-electron chi connectivity index (χ2n) is 7.59. The number of para-hydroxylation sites is 1. The maximum atomic E-state index is 12.4. The van der Waals surface area contributed by atoms with Crippen molar-refractivity contribution in [2.45, 2.75) is 26.7 Å². The molecule has 3 rings (SSSR count). The number of hydrogen-bond acceptors (Lipinski definition) is 4. The standard InChI is InChI=1S/C26H25NO4/c1-17(2)22-11-7-8-18(3)24(22)27-23(28)16-31-26(30)21-14-12-20(13-15-21)25(29)19-9-5-4-6-10-19/h4-15,17H,16H2,1-3H3,(H,27,28). The van der Waals surface area contributed by atoms with Crippen molar-refractivity contribution in [1.82, 2.24) is 0 Å². The number of esters is 1.